The number of Topliss-reactive ketones (excluding diaryl/α,β-unsaturated/α-hetero) is 2. The van der Waals surface area contributed by atoms with Crippen molar-refractivity contribution < 1.29 is 39.6 Å². The molecule has 1 saturated heterocycles. The number of carbonyl (C=O) groups excluding carboxylic acids is 4. The van der Waals surface area contributed by atoms with Crippen LogP contribution >= 0.6 is 0 Å². The van der Waals surface area contributed by atoms with E-state index in [1.807, 2.05) is 0 Å². The molecule has 1 aliphatic heterocycles. The van der Waals surface area contributed by atoms with Gasteiger partial charge < -0.3 is 41.7 Å². The van der Waals surface area contributed by atoms with Crippen LogP contribution in [0.15, 0.2) is 23.0 Å². The van der Waals surface area contributed by atoms with E-state index >= 15 is 0 Å². The summed E-state index contributed by atoms with van der Waals surface area (Å²) in [5, 5.41) is 51.4. The molecule has 1 aromatic carbocycles. The quantitative estimate of drug-likeness (QED) is 0.181. The Bertz CT molecular complexity index is 1440. The first-order chi connectivity index (χ1) is 19.2. The first kappa shape index (κ1) is 28.6. The van der Waals surface area contributed by atoms with Crippen molar-refractivity contribution >= 4 is 40.5 Å². The Morgan fingerprint density at radius 3 is 2.39 bits per heavy atom. The van der Waals surface area contributed by atoms with Crippen LogP contribution in [-0.4, -0.2) is 101 Å². The fraction of sp³-hybridized carbons (Fsp3) is 0.500. The van der Waals surface area contributed by atoms with E-state index in [1.165, 1.54) is 4.90 Å². The van der Waals surface area contributed by atoms with Gasteiger partial charge in [0.05, 0.1) is 23.3 Å². The van der Waals surface area contributed by atoms with Crippen LogP contribution in [0.4, 0.5) is 11.4 Å². The second-order valence-electron chi connectivity index (χ2n) is 11.6. The molecular formula is C28H35N5O8. The second-order valence-corrected chi connectivity index (χ2v) is 11.6. The Morgan fingerprint density at radius 1 is 1.15 bits per heavy atom. The molecule has 4 aliphatic rings. The number of phenolic OH excluding ortho intramolecular Hbond substituents is 1. The minimum absolute atomic E-state index is 0.00870. The highest BCUT2D eigenvalue weighted by molar-refractivity contribution is 6.24. The van der Waals surface area contributed by atoms with Crippen molar-refractivity contribution in [3.8, 4) is 5.75 Å². The van der Waals surface area contributed by atoms with Crippen LogP contribution in [0.2, 0.25) is 0 Å². The van der Waals surface area contributed by atoms with E-state index < -0.39 is 69.8 Å². The summed E-state index contributed by atoms with van der Waals surface area (Å²) in [6, 6.07) is 0.000261. The molecular weight excluding hydrogens is 534 g/mol. The molecule has 3 aliphatic carbocycles. The molecule has 0 unspecified atom stereocenters. The topological polar surface area (TPSA) is 206 Å². The Labute approximate surface area is 236 Å². The van der Waals surface area contributed by atoms with Crippen LogP contribution in [-0.2, 0) is 25.6 Å². The van der Waals surface area contributed by atoms with Gasteiger partial charge in [-0.2, -0.15) is 0 Å². The van der Waals surface area contributed by atoms with Crippen LogP contribution < -0.4 is 21.3 Å². The maximum absolute atomic E-state index is 14.0. The average Bonchev–Trinajstić information content (AvgIpc) is 3.42. The van der Waals surface area contributed by atoms with Crippen molar-refractivity contribution in [3.63, 3.8) is 0 Å². The van der Waals surface area contributed by atoms with Gasteiger partial charge in [-0.3, -0.25) is 24.1 Å². The number of aliphatic hydroxyl groups is 3. The van der Waals surface area contributed by atoms with Gasteiger partial charge in [-0.05, 0) is 63.9 Å². The molecule has 2 fully saturated rings. The molecule has 5 atom stereocenters. The van der Waals surface area contributed by atoms with Crippen LogP contribution in [0, 0.1) is 11.8 Å². The number of likely N-dealkylation sites (N-methyl/N-ethyl adjacent to an activating group) is 1. The van der Waals surface area contributed by atoms with Crippen LogP contribution in [0.25, 0.3) is 5.76 Å². The number of carbonyl (C=O) groups is 4. The predicted octanol–water partition coefficient (Wildman–Crippen LogP) is -0.279. The molecule has 0 radical (unpaired) electrons. The summed E-state index contributed by atoms with van der Waals surface area (Å²) in [6.07, 6.45) is 1.60. The van der Waals surface area contributed by atoms with E-state index in [4.69, 9.17) is 5.73 Å². The fourth-order valence-corrected chi connectivity index (χ4v) is 6.91. The number of hydrogen-bond acceptors (Lipinski definition) is 11. The fourth-order valence-electron chi connectivity index (χ4n) is 6.91. The number of anilines is 2. The van der Waals surface area contributed by atoms with E-state index in [2.05, 4.69) is 10.6 Å². The Balaban J connectivity index is 1.68. The molecule has 1 heterocycles. The summed E-state index contributed by atoms with van der Waals surface area (Å²) in [5.41, 5.74) is 2.57. The largest absolute Gasteiger partial charge is 0.508 e. The third-order valence-electron chi connectivity index (χ3n) is 8.81. The van der Waals surface area contributed by atoms with Crippen molar-refractivity contribution in [2.24, 2.45) is 17.6 Å². The lowest BCUT2D eigenvalue weighted by atomic mass is 9.57. The molecule has 41 heavy (non-hydrogen) atoms. The van der Waals surface area contributed by atoms with Gasteiger partial charge >= 0.3 is 0 Å². The molecule has 0 bridgehead atoms. The summed E-state index contributed by atoms with van der Waals surface area (Å²) in [7, 11) is 6.61. The lowest BCUT2D eigenvalue weighted by Gasteiger charge is -2.50. The van der Waals surface area contributed by atoms with Crippen molar-refractivity contribution in [2.45, 2.75) is 43.4 Å². The Morgan fingerprint density at radius 2 is 1.83 bits per heavy atom. The summed E-state index contributed by atoms with van der Waals surface area (Å²) >= 11 is 0. The van der Waals surface area contributed by atoms with Gasteiger partial charge in [0.1, 0.15) is 22.8 Å². The van der Waals surface area contributed by atoms with E-state index in [1.54, 1.807) is 39.2 Å². The number of aliphatic hydroxyl groups excluding tert-OH is 2. The number of nitrogens with two attached hydrogens (primary N) is 1. The van der Waals surface area contributed by atoms with E-state index in [0.717, 1.165) is 6.42 Å². The molecule has 1 aromatic rings. The zero-order valence-corrected chi connectivity index (χ0v) is 23.3. The normalized spacial score (nSPS) is 29.3. The minimum Gasteiger partial charge on any atom is -0.508 e. The van der Waals surface area contributed by atoms with Gasteiger partial charge in [0.15, 0.2) is 11.4 Å². The Kier molecular flexibility index (Phi) is 6.87. The summed E-state index contributed by atoms with van der Waals surface area (Å²) < 4.78 is 0. The lowest BCUT2D eigenvalue weighted by Crippen LogP contribution is -2.65. The molecule has 5 rings (SSSR count). The van der Waals surface area contributed by atoms with Crippen molar-refractivity contribution in [3.05, 3.63) is 34.1 Å². The van der Waals surface area contributed by atoms with Gasteiger partial charge in [-0.25, -0.2) is 0 Å². The maximum Gasteiger partial charge on any atom is 0.255 e. The number of nitrogens with zero attached hydrogens (tertiary/aromatic N) is 2. The maximum atomic E-state index is 14.0. The number of phenols is 1. The van der Waals surface area contributed by atoms with Crippen molar-refractivity contribution in [2.75, 3.05) is 45.0 Å². The lowest BCUT2D eigenvalue weighted by molar-refractivity contribution is -0.153. The molecule has 1 saturated carbocycles. The highest BCUT2D eigenvalue weighted by Crippen LogP contribution is 2.54. The van der Waals surface area contributed by atoms with Crippen LogP contribution in [0.1, 0.15) is 30.4 Å². The van der Waals surface area contributed by atoms with Gasteiger partial charge in [0.2, 0.25) is 11.7 Å². The first-order valence-corrected chi connectivity index (χ1v) is 13.5. The van der Waals surface area contributed by atoms with E-state index in [-0.39, 0.29) is 35.6 Å². The number of hydrogen-bond donors (Lipinski definition) is 7. The molecule has 220 valence electrons. The van der Waals surface area contributed by atoms with Gasteiger partial charge in [-0.15, -0.1) is 0 Å². The standard InChI is InChI=1S/C28H35N5O8/c1-32(2)16-10-15(31-27(40)14-6-5-7-30-14)21(34)18-12(16)8-11-9-13-20(33(3)4)23(36)19(26(29)39)25(38)28(13,41)24(37)17(11)22(18)35/h10-11,13-14,20,30,34-35,38,41H,5-9H2,1-4H3,(H2,29,39)(H,31,40)/t11-,13-,14-,20-,28-/m0/s1. The number of benzene rings is 1. The van der Waals surface area contributed by atoms with E-state index in [0.29, 0.717) is 24.2 Å². The Hall–Kier alpha value is -3.94. The van der Waals surface area contributed by atoms with Crippen LogP contribution in [0.5, 0.6) is 5.75 Å². The minimum atomic E-state index is -2.72. The SMILES string of the molecule is CN(C)c1cc(NC(=O)[C@@H]2CCCN2)c(O)c2c1C[C@H]1C[C@H]3[C@H](N(C)C)C(=O)C(C(N)=O)=C(O)[C@@]3(O)C(=O)C1=C2O. The second kappa shape index (κ2) is 9.86. The number of rotatable bonds is 5. The number of fused-ring (bicyclic) bond motifs is 3. The number of primary amides is 1. The number of nitrogens with one attached hydrogen (secondary N) is 2. The first-order valence-electron chi connectivity index (χ1n) is 13.5. The summed E-state index contributed by atoms with van der Waals surface area (Å²) in [5.74, 6) is -7.61. The zero-order valence-electron chi connectivity index (χ0n) is 23.3. The molecule has 0 aromatic heterocycles. The monoisotopic (exact) mass is 569 g/mol. The third kappa shape index (κ3) is 4.10. The smallest absolute Gasteiger partial charge is 0.255 e. The predicted molar refractivity (Wildman–Crippen MR) is 148 cm³/mol. The third-order valence-corrected chi connectivity index (χ3v) is 8.81. The molecule has 13 nitrogen and oxygen atoms in total. The van der Waals surface area contributed by atoms with Gasteiger partial charge in [-0.1, -0.05) is 0 Å². The van der Waals surface area contributed by atoms with Crippen LogP contribution in [0.3, 0.4) is 0 Å². The highest BCUT2D eigenvalue weighted by Gasteiger charge is 2.64. The molecule has 2 amide bonds. The number of amides is 2. The summed E-state index contributed by atoms with van der Waals surface area (Å²) in [4.78, 5) is 55.5. The number of ketones is 2. The van der Waals surface area contributed by atoms with Crippen molar-refractivity contribution in [1.29, 1.82) is 0 Å². The van der Waals surface area contributed by atoms with Gasteiger partial charge in [0.25, 0.3) is 5.91 Å². The zero-order chi connectivity index (χ0) is 30.1. The van der Waals surface area contributed by atoms with Gasteiger partial charge in [0, 0.05) is 31.3 Å². The highest BCUT2D eigenvalue weighted by atomic mass is 16.3. The summed E-state index contributed by atoms with van der Waals surface area (Å²) in [6.45, 7) is 0.691. The number of aromatic hydroxyl groups is 1. The van der Waals surface area contributed by atoms with E-state index in [9.17, 15) is 39.6 Å². The molecule has 0 spiro atoms. The molecule has 8 N–H and O–H groups in total. The van der Waals surface area contributed by atoms with Crippen molar-refractivity contribution in [1.82, 2.24) is 10.2 Å². The average molecular weight is 570 g/mol. The molecule has 13 heteroatoms.